The van der Waals surface area contributed by atoms with Gasteiger partial charge in [-0.3, -0.25) is 18.2 Å². The van der Waals surface area contributed by atoms with Gasteiger partial charge in [-0.2, -0.15) is 37.6 Å². The number of aromatic amines is 3. The number of hydrogen-bond acceptors (Lipinski definition) is 9. The van der Waals surface area contributed by atoms with Crippen LogP contribution in [-0.2, 0) is 40.7 Å². The Morgan fingerprint density at radius 1 is 0.545 bits per heavy atom. The first-order chi connectivity index (χ1) is 20.4. The monoisotopic (exact) mass is 683 g/mol. The van der Waals surface area contributed by atoms with Crippen molar-refractivity contribution >= 4 is 72.0 Å². The van der Waals surface area contributed by atoms with Crippen molar-refractivity contribution in [3.63, 3.8) is 0 Å². The van der Waals surface area contributed by atoms with Gasteiger partial charge in [-0.1, -0.05) is 24.3 Å². The Balaban J connectivity index is 1.99. The predicted octanol–water partition coefficient (Wildman–Crippen LogP) is -1.33. The van der Waals surface area contributed by atoms with E-state index in [0.29, 0.717) is 0 Å². The van der Waals surface area contributed by atoms with Crippen LogP contribution in [0.15, 0.2) is 65.7 Å². The third kappa shape index (κ3) is 4.89. The van der Waals surface area contributed by atoms with E-state index < -0.39 is 82.9 Å². The van der Waals surface area contributed by atoms with Crippen LogP contribution in [0, 0.1) is 0 Å². The number of nitrogens with zero attached hydrogens (tertiary/aromatic N) is 2. The van der Waals surface area contributed by atoms with Crippen molar-refractivity contribution in [1.29, 1.82) is 0 Å². The summed E-state index contributed by atoms with van der Waals surface area (Å²) in [4.78, 5) is 8.83. The molecular weight excluding hydrogens is 667 g/mol. The van der Waals surface area contributed by atoms with E-state index in [1.807, 2.05) is 0 Å². The number of hydrogen-bond donors (Lipinski definition) is 7. The molecule has 17 nitrogen and oxygen atoms in total. The Labute approximate surface area is 246 Å². The molecule has 8 bridgehead atoms. The lowest BCUT2D eigenvalue weighted by Crippen LogP contribution is -2.36. The summed E-state index contributed by atoms with van der Waals surface area (Å²) in [6.07, 6.45) is 0. The average molecular weight is 684 g/mol. The van der Waals surface area contributed by atoms with Crippen molar-refractivity contribution in [2.45, 2.75) is 0 Å². The van der Waals surface area contributed by atoms with Crippen molar-refractivity contribution in [3.8, 4) is 0 Å². The van der Waals surface area contributed by atoms with Gasteiger partial charge in [0.25, 0.3) is 30.4 Å². The Morgan fingerprint density at radius 3 is 1.55 bits per heavy atom. The molecule has 0 fully saturated rings. The van der Waals surface area contributed by atoms with Gasteiger partial charge in [-0.25, -0.2) is 4.99 Å². The molecular formula is C23H17N5O12S4. The molecule has 5 aromatic rings. The van der Waals surface area contributed by atoms with Gasteiger partial charge in [0.05, 0.1) is 33.1 Å². The molecule has 0 saturated carbocycles. The van der Waals surface area contributed by atoms with E-state index in [1.54, 1.807) is 0 Å². The normalized spacial score (nSPS) is 14.7. The van der Waals surface area contributed by atoms with Crippen LogP contribution in [0.1, 0.15) is 17.1 Å². The summed E-state index contributed by atoms with van der Waals surface area (Å²) in [5, 5.41) is -1.83. The summed E-state index contributed by atoms with van der Waals surface area (Å²) < 4.78 is 142. The van der Waals surface area contributed by atoms with Crippen LogP contribution in [0.25, 0.3) is 25.5 Å². The highest BCUT2D eigenvalue weighted by molar-refractivity contribution is 7.96. The zero-order valence-corrected chi connectivity index (χ0v) is 24.6. The minimum absolute atomic E-state index is 0.0636. The molecule has 1 aromatic carbocycles. The van der Waals surface area contributed by atoms with E-state index in [2.05, 4.69) is 19.9 Å². The topological polar surface area (TPSA) is 282 Å². The van der Waals surface area contributed by atoms with Crippen molar-refractivity contribution in [1.82, 2.24) is 18.9 Å². The third-order valence-electron chi connectivity index (χ3n) is 6.53. The zero-order chi connectivity index (χ0) is 32.0. The second-order valence-corrected chi connectivity index (χ2v) is 14.6. The fourth-order valence-electron chi connectivity index (χ4n) is 5.00. The molecule has 7 N–H and O–H groups in total. The first-order valence-electron chi connectivity index (χ1n) is 11.8. The molecule has 6 rings (SSSR count). The Hall–Kier alpha value is -4.35. The van der Waals surface area contributed by atoms with Crippen LogP contribution in [0.2, 0.25) is 0 Å². The SMILES string of the molecule is O=S(=O)(O)C1=c2ccc([nH]2)=C(S(=O)(=O)O)c2ccc([nH]2)C(S(=O)(=O)O)=c2c3ccccc3c(n2S(=O)(=O)O)=Nc2ccc1[nH]2. The molecule has 0 amide bonds. The molecule has 1 aliphatic rings. The van der Waals surface area contributed by atoms with Crippen molar-refractivity contribution in [3.05, 3.63) is 99.3 Å². The smallest absolute Gasteiger partial charge is 0.353 e. The van der Waals surface area contributed by atoms with Crippen LogP contribution in [-0.4, -0.2) is 70.8 Å². The maximum atomic E-state index is 12.9. The largest absolute Gasteiger partial charge is 0.365 e. The standard InChI is InChI=1S/C23H17N5O12S4/c29-41(30,31)20-13-5-6-15(24-13)21(42(32,33)34)16-9-10-18(26-16)27-23-12-4-2-1-3-11(12)19(28(23)44(38,39)40)22(43(35,36)37)17-8-7-14(20)25-17/h1-10,24-25H,(H,26,27)(H,29,30,31)(H,32,33,34)(H,35,36,37)(H,38,39,40). The summed E-state index contributed by atoms with van der Waals surface area (Å²) in [5.41, 5.74) is -2.00. The number of benzene rings is 1. The first-order valence-corrected chi connectivity index (χ1v) is 17.5. The molecule has 5 heterocycles. The summed E-state index contributed by atoms with van der Waals surface area (Å²) >= 11 is 0. The van der Waals surface area contributed by atoms with Gasteiger partial charge in [0.1, 0.15) is 20.5 Å². The minimum Gasteiger partial charge on any atom is -0.353 e. The number of nitrogens with one attached hydrogen (secondary N) is 3. The van der Waals surface area contributed by atoms with Crippen molar-refractivity contribution < 1.29 is 51.9 Å². The minimum atomic E-state index is -5.44. The highest BCUT2D eigenvalue weighted by atomic mass is 32.2. The van der Waals surface area contributed by atoms with Crippen molar-refractivity contribution in [2.24, 2.45) is 4.99 Å². The lowest BCUT2D eigenvalue weighted by atomic mass is 10.2. The van der Waals surface area contributed by atoms with Gasteiger partial charge in [-0.05, 0) is 36.4 Å². The Kier molecular flexibility index (Phi) is 6.46. The molecule has 0 unspecified atom stereocenters. The molecule has 44 heavy (non-hydrogen) atoms. The number of aromatic nitrogens is 4. The van der Waals surface area contributed by atoms with E-state index in [4.69, 9.17) is 0 Å². The van der Waals surface area contributed by atoms with E-state index >= 15 is 0 Å². The second kappa shape index (κ2) is 9.57. The average Bonchev–Trinajstić information content (AvgIpc) is 3.66. The molecule has 0 atom stereocenters. The molecule has 230 valence electrons. The number of H-pyrrole nitrogens is 3. The van der Waals surface area contributed by atoms with Crippen LogP contribution in [0.3, 0.4) is 0 Å². The quantitative estimate of drug-likeness (QED) is 0.109. The summed E-state index contributed by atoms with van der Waals surface area (Å²) in [7, 11) is -21.1. The molecule has 0 radical (unpaired) electrons. The van der Waals surface area contributed by atoms with Gasteiger partial charge in [0.15, 0.2) is 5.49 Å². The third-order valence-corrected chi connectivity index (χ3v) is 10.2. The highest BCUT2D eigenvalue weighted by Gasteiger charge is 2.30. The first kappa shape index (κ1) is 29.7. The second-order valence-electron chi connectivity index (χ2n) is 9.31. The number of rotatable bonds is 4. The van der Waals surface area contributed by atoms with E-state index in [-0.39, 0.29) is 31.6 Å². The van der Waals surface area contributed by atoms with E-state index in [9.17, 15) is 51.9 Å². The van der Waals surface area contributed by atoms with Crippen LogP contribution < -0.4 is 21.5 Å². The van der Waals surface area contributed by atoms with Crippen molar-refractivity contribution in [2.75, 3.05) is 0 Å². The maximum Gasteiger partial charge on any atom is 0.365 e. The molecule has 1 aliphatic heterocycles. The molecule has 0 spiro atoms. The van der Waals surface area contributed by atoms with Gasteiger partial charge < -0.3 is 15.0 Å². The highest BCUT2D eigenvalue weighted by Crippen LogP contribution is 2.25. The van der Waals surface area contributed by atoms with Gasteiger partial charge in [0, 0.05) is 10.8 Å². The summed E-state index contributed by atoms with van der Waals surface area (Å²) in [5.74, 6) is -0.250. The van der Waals surface area contributed by atoms with Crippen LogP contribution in [0.5, 0.6) is 0 Å². The summed E-state index contributed by atoms with van der Waals surface area (Å²) in [6, 6.07) is 11.7. The van der Waals surface area contributed by atoms with Gasteiger partial charge in [0.2, 0.25) is 0 Å². The summed E-state index contributed by atoms with van der Waals surface area (Å²) in [6.45, 7) is 0. The van der Waals surface area contributed by atoms with Gasteiger partial charge >= 0.3 is 10.3 Å². The molecule has 4 aromatic heterocycles. The lowest BCUT2D eigenvalue weighted by molar-refractivity contribution is 0.469. The predicted molar refractivity (Wildman–Crippen MR) is 153 cm³/mol. The fraction of sp³-hybridized carbons (Fsp3) is 0. The van der Waals surface area contributed by atoms with Crippen LogP contribution in [0.4, 0.5) is 5.82 Å². The zero-order valence-electron chi connectivity index (χ0n) is 21.4. The Bertz CT molecular complexity index is 2770. The van der Waals surface area contributed by atoms with Crippen LogP contribution >= 0.6 is 0 Å². The van der Waals surface area contributed by atoms with E-state index in [0.717, 1.165) is 36.4 Å². The molecule has 0 aliphatic carbocycles. The van der Waals surface area contributed by atoms with E-state index in [1.165, 1.54) is 24.3 Å². The fourth-order valence-corrected chi connectivity index (χ4v) is 8.27. The van der Waals surface area contributed by atoms with Gasteiger partial charge in [-0.15, -0.1) is 0 Å². The molecule has 21 heteroatoms. The lowest BCUT2D eigenvalue weighted by Gasteiger charge is -2.06. The maximum absolute atomic E-state index is 12.9. The number of fused-ring (bicyclic) bond motifs is 11. The Morgan fingerprint density at radius 2 is 1.02 bits per heavy atom. The molecule has 0 saturated heterocycles.